The second kappa shape index (κ2) is 2.88. The van der Waals surface area contributed by atoms with Gasteiger partial charge in [-0.15, -0.1) is 0 Å². The van der Waals surface area contributed by atoms with Gasteiger partial charge in [0.2, 0.25) is 5.91 Å². The minimum Gasteiger partial charge on any atom is -0.357 e. The molecule has 2 rings (SSSR count). The monoisotopic (exact) mass is 197 g/mol. The number of rotatable bonds is 0. The van der Waals surface area contributed by atoms with Crippen LogP contribution in [0.1, 0.15) is 6.92 Å². The van der Waals surface area contributed by atoms with Crippen molar-refractivity contribution in [1.82, 2.24) is 4.98 Å². The zero-order chi connectivity index (χ0) is 9.42. The predicted octanol–water partition coefficient (Wildman–Crippen LogP) is 1.49. The summed E-state index contributed by atoms with van der Waals surface area (Å²) < 4.78 is 0. The van der Waals surface area contributed by atoms with E-state index in [2.05, 4.69) is 15.6 Å². The number of carbonyl (C=O) groups is 1. The molecule has 0 bridgehead atoms. The second-order valence-electron chi connectivity index (χ2n) is 2.89. The quantitative estimate of drug-likeness (QED) is 0.620. The molecule has 0 spiro atoms. The molecule has 1 aromatic heterocycles. The van der Waals surface area contributed by atoms with Crippen LogP contribution in [-0.4, -0.2) is 16.9 Å². The maximum absolute atomic E-state index is 11.2. The molecule has 2 N–H and O–H groups in total. The molecule has 1 atom stereocenters. The third-order valence-corrected chi connectivity index (χ3v) is 2.08. The Hall–Kier alpha value is -1.29. The van der Waals surface area contributed by atoms with E-state index in [9.17, 15) is 4.79 Å². The lowest BCUT2D eigenvalue weighted by atomic mass is 10.2. The Balaban J connectivity index is 2.42. The molecule has 1 aliphatic heterocycles. The van der Waals surface area contributed by atoms with Crippen molar-refractivity contribution >= 4 is 29.0 Å². The van der Waals surface area contributed by atoms with Crippen molar-refractivity contribution in [3.63, 3.8) is 0 Å². The van der Waals surface area contributed by atoms with Gasteiger partial charge in [-0.25, -0.2) is 4.98 Å². The van der Waals surface area contributed by atoms with Gasteiger partial charge in [0.15, 0.2) is 5.82 Å². The third-order valence-electron chi connectivity index (χ3n) is 1.87. The van der Waals surface area contributed by atoms with Crippen molar-refractivity contribution in [2.75, 3.05) is 10.6 Å². The highest BCUT2D eigenvalue weighted by Gasteiger charge is 2.21. The molecular formula is C8H8ClN3O. The Morgan fingerprint density at radius 2 is 2.31 bits per heavy atom. The van der Waals surface area contributed by atoms with Gasteiger partial charge in [0.25, 0.3) is 0 Å². The summed E-state index contributed by atoms with van der Waals surface area (Å²) in [6.45, 7) is 1.76. The molecule has 0 saturated heterocycles. The number of anilines is 2. The van der Waals surface area contributed by atoms with E-state index in [-0.39, 0.29) is 11.9 Å². The molecule has 68 valence electrons. The van der Waals surface area contributed by atoms with Crippen LogP contribution in [0.15, 0.2) is 12.1 Å². The standard InChI is InChI=1S/C8H8ClN3O/c1-4-8(13)11-5-2-3-6(9)12-7(5)10-4/h2-4H,1H3,(H,10,12)(H,11,13). The number of nitrogens with one attached hydrogen (secondary N) is 2. The topological polar surface area (TPSA) is 54.0 Å². The summed E-state index contributed by atoms with van der Waals surface area (Å²) in [7, 11) is 0. The normalized spacial score (nSPS) is 20.2. The number of halogens is 1. The molecule has 2 heterocycles. The van der Waals surface area contributed by atoms with Gasteiger partial charge in [-0.3, -0.25) is 4.79 Å². The summed E-state index contributed by atoms with van der Waals surface area (Å²) in [5.74, 6) is 0.566. The Morgan fingerprint density at radius 1 is 1.54 bits per heavy atom. The van der Waals surface area contributed by atoms with Crippen LogP contribution in [0.5, 0.6) is 0 Å². The van der Waals surface area contributed by atoms with Gasteiger partial charge in [0, 0.05) is 0 Å². The summed E-state index contributed by atoms with van der Waals surface area (Å²) >= 11 is 5.70. The van der Waals surface area contributed by atoms with Crippen molar-refractivity contribution < 1.29 is 4.79 Å². The maximum atomic E-state index is 11.2. The zero-order valence-corrected chi connectivity index (χ0v) is 7.72. The van der Waals surface area contributed by atoms with Crippen LogP contribution in [0.4, 0.5) is 11.5 Å². The molecule has 0 aliphatic carbocycles. The Bertz CT molecular complexity index is 366. The van der Waals surface area contributed by atoms with Gasteiger partial charge in [-0.2, -0.15) is 0 Å². The van der Waals surface area contributed by atoms with Crippen LogP contribution in [0.3, 0.4) is 0 Å². The summed E-state index contributed by atoms with van der Waals surface area (Å²) in [6.07, 6.45) is 0. The molecule has 1 aliphatic rings. The van der Waals surface area contributed by atoms with Crippen LogP contribution in [0, 0.1) is 0 Å². The van der Waals surface area contributed by atoms with Crippen molar-refractivity contribution in [2.24, 2.45) is 0 Å². The lowest BCUT2D eigenvalue weighted by molar-refractivity contribution is -0.116. The van der Waals surface area contributed by atoms with Crippen molar-refractivity contribution in [3.8, 4) is 0 Å². The van der Waals surface area contributed by atoms with Gasteiger partial charge in [-0.1, -0.05) is 11.6 Å². The summed E-state index contributed by atoms with van der Waals surface area (Å²) in [4.78, 5) is 15.2. The molecule has 0 aromatic carbocycles. The lowest BCUT2D eigenvalue weighted by Crippen LogP contribution is -2.36. The Labute approximate surface area is 80.3 Å². The fraction of sp³-hybridized carbons (Fsp3) is 0.250. The number of aromatic nitrogens is 1. The first-order chi connectivity index (χ1) is 6.16. The number of pyridine rings is 1. The smallest absolute Gasteiger partial charge is 0.246 e. The molecule has 1 amide bonds. The zero-order valence-electron chi connectivity index (χ0n) is 6.97. The number of hydrogen-bond donors (Lipinski definition) is 2. The minimum atomic E-state index is -0.265. The van der Waals surface area contributed by atoms with Crippen molar-refractivity contribution in [2.45, 2.75) is 13.0 Å². The summed E-state index contributed by atoms with van der Waals surface area (Å²) in [6, 6.07) is 3.10. The third kappa shape index (κ3) is 1.45. The largest absolute Gasteiger partial charge is 0.357 e. The molecule has 5 heteroatoms. The highest BCUT2D eigenvalue weighted by molar-refractivity contribution is 6.29. The molecular weight excluding hydrogens is 190 g/mol. The molecule has 0 saturated carbocycles. The van der Waals surface area contributed by atoms with Gasteiger partial charge in [0.05, 0.1) is 5.69 Å². The molecule has 4 nitrogen and oxygen atoms in total. The van der Waals surface area contributed by atoms with Crippen LogP contribution in [-0.2, 0) is 4.79 Å². The van der Waals surface area contributed by atoms with Gasteiger partial charge in [-0.05, 0) is 19.1 Å². The number of amides is 1. The highest BCUT2D eigenvalue weighted by atomic mass is 35.5. The molecule has 1 unspecified atom stereocenters. The van der Waals surface area contributed by atoms with Crippen LogP contribution in [0.25, 0.3) is 0 Å². The second-order valence-corrected chi connectivity index (χ2v) is 3.27. The SMILES string of the molecule is CC1Nc2nc(Cl)ccc2NC1=O. The molecule has 13 heavy (non-hydrogen) atoms. The van der Waals surface area contributed by atoms with E-state index >= 15 is 0 Å². The average Bonchev–Trinajstić information content (AvgIpc) is 2.08. The lowest BCUT2D eigenvalue weighted by Gasteiger charge is -2.22. The molecule has 0 radical (unpaired) electrons. The Morgan fingerprint density at radius 3 is 3.08 bits per heavy atom. The summed E-state index contributed by atoms with van der Waals surface area (Å²) in [5, 5.41) is 6.07. The van der Waals surface area contributed by atoms with Crippen LogP contribution >= 0.6 is 11.6 Å². The van der Waals surface area contributed by atoms with Crippen LogP contribution < -0.4 is 10.6 Å². The Kier molecular flexibility index (Phi) is 1.84. The van der Waals surface area contributed by atoms with E-state index in [4.69, 9.17) is 11.6 Å². The first-order valence-electron chi connectivity index (χ1n) is 3.91. The van der Waals surface area contributed by atoms with E-state index < -0.39 is 0 Å². The van der Waals surface area contributed by atoms with Gasteiger partial charge >= 0.3 is 0 Å². The van der Waals surface area contributed by atoms with Crippen molar-refractivity contribution in [1.29, 1.82) is 0 Å². The van der Waals surface area contributed by atoms with E-state index in [0.29, 0.717) is 16.7 Å². The fourth-order valence-corrected chi connectivity index (χ4v) is 1.31. The first kappa shape index (κ1) is 8.31. The van der Waals surface area contributed by atoms with E-state index in [0.717, 1.165) is 0 Å². The number of carbonyl (C=O) groups excluding carboxylic acids is 1. The minimum absolute atomic E-state index is 0.0587. The molecule has 0 fully saturated rings. The number of hydrogen-bond acceptors (Lipinski definition) is 3. The van der Waals surface area contributed by atoms with E-state index in [1.807, 2.05) is 0 Å². The van der Waals surface area contributed by atoms with Gasteiger partial charge < -0.3 is 10.6 Å². The van der Waals surface area contributed by atoms with E-state index in [1.54, 1.807) is 19.1 Å². The van der Waals surface area contributed by atoms with E-state index in [1.165, 1.54) is 0 Å². The predicted molar refractivity (Wildman–Crippen MR) is 51.0 cm³/mol. The first-order valence-corrected chi connectivity index (χ1v) is 4.28. The number of fused-ring (bicyclic) bond motifs is 1. The molecule has 1 aromatic rings. The average molecular weight is 198 g/mol. The summed E-state index contributed by atoms with van der Waals surface area (Å²) in [5.41, 5.74) is 0.674. The van der Waals surface area contributed by atoms with Crippen molar-refractivity contribution in [3.05, 3.63) is 17.3 Å². The number of nitrogens with zero attached hydrogens (tertiary/aromatic N) is 1. The maximum Gasteiger partial charge on any atom is 0.246 e. The van der Waals surface area contributed by atoms with Gasteiger partial charge in [0.1, 0.15) is 11.2 Å². The highest BCUT2D eigenvalue weighted by Crippen LogP contribution is 2.25. The van der Waals surface area contributed by atoms with Crippen LogP contribution in [0.2, 0.25) is 5.15 Å². The fourth-order valence-electron chi connectivity index (χ4n) is 1.16.